The van der Waals surface area contributed by atoms with Crippen molar-refractivity contribution in [1.82, 2.24) is 0 Å². The van der Waals surface area contributed by atoms with Gasteiger partial charge in [0.1, 0.15) is 0 Å². The third-order valence-electron chi connectivity index (χ3n) is 4.67. The summed E-state index contributed by atoms with van der Waals surface area (Å²) in [7, 11) is 0. The minimum absolute atomic E-state index is 0.875. The van der Waals surface area contributed by atoms with E-state index in [1.54, 1.807) is 0 Å². The second-order valence-electron chi connectivity index (χ2n) is 5.89. The molecule has 4 atom stereocenters. The van der Waals surface area contributed by atoms with Crippen LogP contribution in [0.25, 0.3) is 0 Å². The average molecular weight is 212 g/mol. The molecule has 3 aliphatic rings. The fourth-order valence-corrected chi connectivity index (χ4v) is 5.83. The van der Waals surface area contributed by atoms with Crippen LogP contribution in [0.1, 0.15) is 34.6 Å². The van der Waals surface area contributed by atoms with E-state index in [0.717, 1.165) is 40.8 Å². The smallest absolute Gasteiger partial charge is 0.0104 e. The molecule has 1 aliphatic carbocycles. The molecule has 14 heavy (non-hydrogen) atoms. The zero-order chi connectivity index (χ0) is 10.5. The second-order valence-corrected chi connectivity index (χ2v) is 7.10. The van der Waals surface area contributed by atoms with Crippen molar-refractivity contribution >= 4 is 11.8 Å². The van der Waals surface area contributed by atoms with Crippen LogP contribution in [0.4, 0.5) is 0 Å². The van der Waals surface area contributed by atoms with Crippen LogP contribution >= 0.6 is 11.8 Å². The van der Waals surface area contributed by atoms with Gasteiger partial charge in [0.2, 0.25) is 0 Å². The Bertz CT molecular complexity index is 201. The Morgan fingerprint density at radius 3 is 2.14 bits per heavy atom. The van der Waals surface area contributed by atoms with E-state index >= 15 is 0 Å². The molecule has 0 aromatic carbocycles. The van der Waals surface area contributed by atoms with Gasteiger partial charge in [-0.1, -0.05) is 34.6 Å². The molecule has 0 spiro atoms. The summed E-state index contributed by atoms with van der Waals surface area (Å²) in [6.07, 6.45) is 0. The van der Waals surface area contributed by atoms with Crippen molar-refractivity contribution in [1.29, 1.82) is 0 Å². The summed E-state index contributed by atoms with van der Waals surface area (Å²) in [6, 6.07) is 0. The summed E-state index contributed by atoms with van der Waals surface area (Å²) in [5, 5.41) is 0.978. The molecule has 2 heterocycles. The third-order valence-corrected chi connectivity index (χ3v) is 6.64. The zero-order valence-electron chi connectivity index (χ0n) is 10.2. The molecule has 4 unspecified atom stereocenters. The van der Waals surface area contributed by atoms with E-state index in [2.05, 4.69) is 46.4 Å². The summed E-state index contributed by atoms with van der Waals surface area (Å²) in [6.45, 7) is 12.3. The van der Waals surface area contributed by atoms with Crippen LogP contribution in [-0.4, -0.2) is 11.0 Å². The minimum atomic E-state index is 0.875. The summed E-state index contributed by atoms with van der Waals surface area (Å²) >= 11 is 2.25. The van der Waals surface area contributed by atoms with E-state index in [-0.39, 0.29) is 0 Å². The van der Waals surface area contributed by atoms with Crippen molar-refractivity contribution in [3.05, 3.63) is 0 Å². The highest BCUT2D eigenvalue weighted by molar-refractivity contribution is 8.00. The van der Waals surface area contributed by atoms with Crippen molar-refractivity contribution in [2.75, 3.05) is 5.75 Å². The summed E-state index contributed by atoms with van der Waals surface area (Å²) in [5.41, 5.74) is 0. The van der Waals surface area contributed by atoms with Gasteiger partial charge in [0.15, 0.2) is 0 Å². The van der Waals surface area contributed by atoms with Crippen molar-refractivity contribution in [2.45, 2.75) is 39.9 Å². The van der Waals surface area contributed by atoms with Crippen molar-refractivity contribution in [3.63, 3.8) is 0 Å². The highest BCUT2D eigenvalue weighted by Gasteiger charge is 2.52. The van der Waals surface area contributed by atoms with Gasteiger partial charge in [0, 0.05) is 5.25 Å². The molecule has 2 bridgehead atoms. The van der Waals surface area contributed by atoms with Gasteiger partial charge in [0.25, 0.3) is 0 Å². The molecular formula is C13H24S. The van der Waals surface area contributed by atoms with Crippen LogP contribution in [0.5, 0.6) is 0 Å². The summed E-state index contributed by atoms with van der Waals surface area (Å²) in [4.78, 5) is 0. The van der Waals surface area contributed by atoms with Crippen LogP contribution in [0.2, 0.25) is 0 Å². The van der Waals surface area contributed by atoms with E-state index in [0.29, 0.717) is 0 Å². The topological polar surface area (TPSA) is 0 Å². The maximum atomic E-state index is 2.48. The van der Waals surface area contributed by atoms with E-state index in [1.165, 1.54) is 5.75 Å². The lowest BCUT2D eigenvalue weighted by molar-refractivity contribution is 0.0149. The lowest BCUT2D eigenvalue weighted by Crippen LogP contribution is -2.50. The maximum Gasteiger partial charge on any atom is 0.0104 e. The van der Waals surface area contributed by atoms with Crippen LogP contribution in [0, 0.1) is 35.5 Å². The normalized spacial score (nSPS) is 52.7. The first kappa shape index (κ1) is 10.9. The first-order valence-corrected chi connectivity index (χ1v) is 7.20. The van der Waals surface area contributed by atoms with Gasteiger partial charge in [-0.25, -0.2) is 0 Å². The van der Waals surface area contributed by atoms with E-state index in [9.17, 15) is 0 Å². The van der Waals surface area contributed by atoms with Gasteiger partial charge < -0.3 is 0 Å². The van der Waals surface area contributed by atoms with Gasteiger partial charge in [0.05, 0.1) is 0 Å². The highest BCUT2D eigenvalue weighted by Crippen LogP contribution is 2.57. The molecule has 82 valence electrons. The van der Waals surface area contributed by atoms with Crippen LogP contribution in [0.3, 0.4) is 0 Å². The fourth-order valence-electron chi connectivity index (χ4n) is 4.11. The lowest BCUT2D eigenvalue weighted by atomic mass is 9.56. The van der Waals surface area contributed by atoms with E-state index < -0.39 is 0 Å². The molecule has 2 saturated heterocycles. The Morgan fingerprint density at radius 1 is 1.07 bits per heavy atom. The standard InChI is InChI=1S/C13H24S/c1-7(2)11-8(3)6-14-13-9(4)12(11)10(13)5/h7-13H,6H2,1-5H3. The number of rotatable bonds is 1. The quantitative estimate of drug-likeness (QED) is 0.635. The van der Waals surface area contributed by atoms with Crippen LogP contribution in [0.15, 0.2) is 0 Å². The predicted octanol–water partition coefficient (Wildman–Crippen LogP) is 3.91. The molecule has 0 aromatic rings. The van der Waals surface area contributed by atoms with Crippen LogP contribution in [-0.2, 0) is 0 Å². The third kappa shape index (κ3) is 1.43. The molecule has 0 N–H and O–H groups in total. The van der Waals surface area contributed by atoms with Crippen molar-refractivity contribution in [2.24, 2.45) is 35.5 Å². The SMILES string of the molecule is CC(C)C1C(C)CSC2C(C)C1C2C. The van der Waals surface area contributed by atoms with Crippen LogP contribution < -0.4 is 0 Å². The highest BCUT2D eigenvalue weighted by atomic mass is 32.2. The maximum absolute atomic E-state index is 2.48. The predicted molar refractivity (Wildman–Crippen MR) is 65.6 cm³/mol. The first-order chi connectivity index (χ1) is 6.54. The van der Waals surface area contributed by atoms with E-state index in [1.807, 2.05) is 0 Å². The van der Waals surface area contributed by atoms with Crippen molar-refractivity contribution < 1.29 is 0 Å². The molecule has 0 amide bonds. The van der Waals surface area contributed by atoms with Gasteiger partial charge in [-0.15, -0.1) is 0 Å². The molecule has 2 aliphatic heterocycles. The Morgan fingerprint density at radius 2 is 1.64 bits per heavy atom. The van der Waals surface area contributed by atoms with E-state index in [4.69, 9.17) is 0 Å². The molecule has 0 nitrogen and oxygen atoms in total. The molecule has 3 rings (SSSR count). The van der Waals surface area contributed by atoms with Crippen molar-refractivity contribution in [3.8, 4) is 0 Å². The Kier molecular flexibility index (Phi) is 2.90. The Hall–Kier alpha value is 0.350. The molecular weight excluding hydrogens is 188 g/mol. The number of thioether (sulfide) groups is 1. The van der Waals surface area contributed by atoms with Gasteiger partial charge in [-0.3, -0.25) is 0 Å². The zero-order valence-corrected chi connectivity index (χ0v) is 11.0. The number of fused-ring (bicyclic) bond motifs is 3. The minimum Gasteiger partial charge on any atom is -0.158 e. The molecule has 0 radical (unpaired) electrons. The molecule has 0 aromatic heterocycles. The average Bonchev–Trinajstić information content (AvgIpc) is 2.33. The van der Waals surface area contributed by atoms with Gasteiger partial charge >= 0.3 is 0 Å². The fraction of sp³-hybridized carbons (Fsp3) is 1.00. The first-order valence-electron chi connectivity index (χ1n) is 6.15. The number of hydrogen-bond acceptors (Lipinski definition) is 1. The number of hydrogen-bond donors (Lipinski definition) is 0. The van der Waals surface area contributed by atoms with Gasteiger partial charge in [-0.2, -0.15) is 11.8 Å². The summed E-state index contributed by atoms with van der Waals surface area (Å²) < 4.78 is 0. The Labute approximate surface area is 93.2 Å². The molecule has 1 saturated carbocycles. The second kappa shape index (κ2) is 3.73. The summed E-state index contributed by atoms with van der Waals surface area (Å²) in [5.74, 6) is 7.16. The largest absolute Gasteiger partial charge is 0.158 e. The lowest BCUT2D eigenvalue weighted by Gasteiger charge is -2.51. The Balaban J connectivity index is 2.20. The van der Waals surface area contributed by atoms with Gasteiger partial charge in [-0.05, 0) is 41.3 Å². The molecule has 1 heteroatoms. The molecule has 3 fully saturated rings. The monoisotopic (exact) mass is 212 g/mol.